The summed E-state index contributed by atoms with van der Waals surface area (Å²) in [5, 5.41) is 6.62. The lowest BCUT2D eigenvalue weighted by molar-refractivity contribution is 0.562. The lowest BCUT2D eigenvalue weighted by Crippen LogP contribution is -1.85. The smallest absolute Gasteiger partial charge is 0.233 e. The fourth-order valence-electron chi connectivity index (χ4n) is 0.264. The molecule has 0 aliphatic carbocycles. The van der Waals surface area contributed by atoms with Gasteiger partial charge in [0.05, 0.1) is 0 Å². The molecule has 0 aromatic carbocycles. The molecule has 1 aromatic rings. The van der Waals surface area contributed by atoms with Gasteiger partial charge in [-0.2, -0.15) is 0 Å². The van der Waals surface area contributed by atoms with E-state index in [1.807, 2.05) is 0 Å². The topological polar surface area (TPSA) is 63.1 Å². The Morgan fingerprint density at radius 3 is 2.56 bits per heavy atom. The summed E-state index contributed by atoms with van der Waals surface area (Å²) in [6, 6.07) is 0. The maximum Gasteiger partial charge on any atom is 0.233 e. The second-order valence-corrected chi connectivity index (χ2v) is 3.77. The Morgan fingerprint density at radius 2 is 2.33 bits per heavy atom. The fourth-order valence-corrected chi connectivity index (χ4v) is 1.60. The van der Waals surface area contributed by atoms with Gasteiger partial charge in [-0.05, 0) is 11.6 Å². The summed E-state index contributed by atoms with van der Waals surface area (Å²) in [6.07, 6.45) is 0. The molecule has 50 valence electrons. The summed E-state index contributed by atoms with van der Waals surface area (Å²) in [5.74, 6) is 0. The SMILES string of the molecule is O=S(O)c1nnc(Cl)s1. The predicted octanol–water partition coefficient (Wildman–Crippen LogP) is 0.772. The number of hydrogen-bond donors (Lipinski definition) is 1. The molecule has 0 bridgehead atoms. The Hall–Kier alpha value is -0.0400. The molecule has 1 N–H and O–H groups in total. The molecular formula is C2HClN2O2S2. The first-order valence-corrected chi connectivity index (χ1v) is 4.10. The molecule has 0 amide bonds. The number of hydrogen-bond acceptors (Lipinski definition) is 4. The third kappa shape index (κ3) is 1.68. The molecule has 0 spiro atoms. The van der Waals surface area contributed by atoms with Crippen molar-refractivity contribution >= 4 is 34.0 Å². The normalized spacial score (nSPS) is 13.6. The van der Waals surface area contributed by atoms with Crippen molar-refractivity contribution in [2.45, 2.75) is 4.34 Å². The summed E-state index contributed by atoms with van der Waals surface area (Å²) >= 11 is 4.15. The highest BCUT2D eigenvalue weighted by Crippen LogP contribution is 2.16. The Morgan fingerprint density at radius 1 is 1.67 bits per heavy atom. The van der Waals surface area contributed by atoms with Gasteiger partial charge in [0, 0.05) is 0 Å². The summed E-state index contributed by atoms with van der Waals surface area (Å²) in [4.78, 5) is 0. The van der Waals surface area contributed by atoms with Crippen LogP contribution in [0, 0.1) is 0 Å². The minimum Gasteiger partial charge on any atom is -0.300 e. The molecule has 0 saturated heterocycles. The van der Waals surface area contributed by atoms with Gasteiger partial charge in [-0.15, -0.1) is 10.2 Å². The first-order chi connectivity index (χ1) is 4.20. The van der Waals surface area contributed by atoms with Crippen LogP contribution in [0.1, 0.15) is 0 Å². The summed E-state index contributed by atoms with van der Waals surface area (Å²) in [6.45, 7) is 0. The fraction of sp³-hybridized carbons (Fsp3) is 0. The zero-order chi connectivity index (χ0) is 6.85. The molecule has 1 unspecified atom stereocenters. The van der Waals surface area contributed by atoms with Crippen molar-refractivity contribution < 1.29 is 8.76 Å². The van der Waals surface area contributed by atoms with E-state index in [9.17, 15) is 4.21 Å². The van der Waals surface area contributed by atoms with Crippen molar-refractivity contribution in [3.8, 4) is 0 Å². The van der Waals surface area contributed by atoms with Gasteiger partial charge in [0.1, 0.15) is 0 Å². The zero-order valence-electron chi connectivity index (χ0n) is 3.94. The number of nitrogens with zero attached hydrogens (tertiary/aromatic N) is 2. The van der Waals surface area contributed by atoms with Crippen LogP contribution in [0.25, 0.3) is 0 Å². The highest BCUT2D eigenvalue weighted by Gasteiger charge is 2.05. The molecule has 9 heavy (non-hydrogen) atoms. The van der Waals surface area contributed by atoms with Crippen LogP contribution in [-0.2, 0) is 11.1 Å². The molecule has 0 aliphatic rings. The van der Waals surface area contributed by atoms with Crippen molar-refractivity contribution in [1.82, 2.24) is 10.2 Å². The maximum absolute atomic E-state index is 10.2. The van der Waals surface area contributed by atoms with Crippen LogP contribution >= 0.6 is 22.9 Å². The molecule has 0 radical (unpaired) electrons. The Kier molecular flexibility index (Phi) is 2.12. The standard InChI is InChI=1S/C2HClN2O2S2/c3-1-4-5-2(8-1)9(6)7/h(H,6,7). The summed E-state index contributed by atoms with van der Waals surface area (Å²) in [7, 11) is 0. The van der Waals surface area contributed by atoms with E-state index in [0.717, 1.165) is 11.3 Å². The van der Waals surface area contributed by atoms with Crippen molar-refractivity contribution in [2.75, 3.05) is 0 Å². The molecule has 0 aliphatic heterocycles. The van der Waals surface area contributed by atoms with E-state index in [2.05, 4.69) is 10.2 Å². The lowest BCUT2D eigenvalue weighted by atomic mass is 11.6. The minimum atomic E-state index is -2.05. The van der Waals surface area contributed by atoms with Crippen molar-refractivity contribution in [3.05, 3.63) is 4.47 Å². The van der Waals surface area contributed by atoms with Gasteiger partial charge < -0.3 is 4.55 Å². The second kappa shape index (κ2) is 2.70. The van der Waals surface area contributed by atoms with Crippen molar-refractivity contribution in [1.29, 1.82) is 0 Å². The Labute approximate surface area is 62.2 Å². The van der Waals surface area contributed by atoms with Crippen LogP contribution in [0.2, 0.25) is 4.47 Å². The van der Waals surface area contributed by atoms with Gasteiger partial charge in [0.2, 0.25) is 19.9 Å². The van der Waals surface area contributed by atoms with Gasteiger partial charge in [0.25, 0.3) is 0 Å². The van der Waals surface area contributed by atoms with Crippen LogP contribution in [0.15, 0.2) is 4.34 Å². The first kappa shape index (κ1) is 7.07. The third-order valence-electron chi connectivity index (χ3n) is 0.531. The molecule has 1 aromatic heterocycles. The van der Waals surface area contributed by atoms with E-state index in [0.29, 0.717) is 0 Å². The van der Waals surface area contributed by atoms with Gasteiger partial charge in [-0.3, -0.25) is 0 Å². The summed E-state index contributed by atoms with van der Waals surface area (Å²) < 4.78 is 18.7. The van der Waals surface area contributed by atoms with E-state index in [4.69, 9.17) is 16.2 Å². The first-order valence-electron chi connectivity index (χ1n) is 1.80. The number of halogens is 1. The maximum atomic E-state index is 10.2. The molecule has 7 heteroatoms. The predicted molar refractivity (Wildman–Crippen MR) is 34.0 cm³/mol. The van der Waals surface area contributed by atoms with E-state index < -0.39 is 11.1 Å². The van der Waals surface area contributed by atoms with Gasteiger partial charge >= 0.3 is 0 Å². The molecule has 4 nitrogen and oxygen atoms in total. The van der Waals surface area contributed by atoms with E-state index in [-0.39, 0.29) is 8.81 Å². The molecule has 0 fully saturated rings. The molecule has 1 heterocycles. The molecule has 1 rings (SSSR count). The quantitative estimate of drug-likeness (QED) is 0.655. The van der Waals surface area contributed by atoms with E-state index in [1.54, 1.807) is 0 Å². The average molecular weight is 185 g/mol. The largest absolute Gasteiger partial charge is 0.300 e. The van der Waals surface area contributed by atoms with Crippen LogP contribution < -0.4 is 0 Å². The second-order valence-electron chi connectivity index (χ2n) is 1.07. The average Bonchev–Trinajstić information content (AvgIpc) is 2.14. The van der Waals surface area contributed by atoms with Gasteiger partial charge in [-0.1, -0.05) is 11.3 Å². The Bertz CT molecular complexity index is 236. The lowest BCUT2D eigenvalue weighted by Gasteiger charge is -1.76. The van der Waals surface area contributed by atoms with E-state index in [1.165, 1.54) is 0 Å². The molecule has 1 atom stereocenters. The van der Waals surface area contributed by atoms with Crippen LogP contribution in [0.3, 0.4) is 0 Å². The van der Waals surface area contributed by atoms with Crippen LogP contribution in [-0.4, -0.2) is 19.0 Å². The van der Waals surface area contributed by atoms with Crippen LogP contribution in [0.5, 0.6) is 0 Å². The molecule has 0 saturated carbocycles. The number of rotatable bonds is 1. The summed E-state index contributed by atoms with van der Waals surface area (Å²) in [5.41, 5.74) is 0. The van der Waals surface area contributed by atoms with Crippen LogP contribution in [0.4, 0.5) is 0 Å². The zero-order valence-corrected chi connectivity index (χ0v) is 6.33. The highest BCUT2D eigenvalue weighted by molar-refractivity contribution is 7.81. The van der Waals surface area contributed by atoms with Crippen molar-refractivity contribution in [2.24, 2.45) is 0 Å². The van der Waals surface area contributed by atoms with Gasteiger partial charge in [0.15, 0.2) is 0 Å². The number of aromatic nitrogens is 2. The minimum absolute atomic E-state index is 0.0278. The molecular weight excluding hydrogens is 184 g/mol. The van der Waals surface area contributed by atoms with Gasteiger partial charge in [-0.25, -0.2) is 4.21 Å². The highest BCUT2D eigenvalue weighted by atomic mass is 35.5. The van der Waals surface area contributed by atoms with E-state index >= 15 is 0 Å². The monoisotopic (exact) mass is 184 g/mol. The van der Waals surface area contributed by atoms with Crippen molar-refractivity contribution in [3.63, 3.8) is 0 Å². The third-order valence-corrected chi connectivity index (χ3v) is 2.40. The Balaban J connectivity index is 2.98.